The van der Waals surface area contributed by atoms with Crippen LogP contribution in [0.25, 0.3) is 33.3 Å². The summed E-state index contributed by atoms with van der Waals surface area (Å²) in [6.07, 6.45) is 9.27. The number of hydrogen-bond donors (Lipinski definition) is 1. The standard InChI is InChI=1S/C18H17N9/c1-19-10-18(11-20-12-18)27-5-3-14(24-27)17-23-15(13-8-22-25(2)9-13)7-16-21-4-6-26(16)17/h3-9,20H,10-12H2,2H3. The largest absolute Gasteiger partial charge is 0.314 e. The lowest BCUT2D eigenvalue weighted by atomic mass is 9.93. The average molecular weight is 359 g/mol. The monoisotopic (exact) mass is 359 g/mol. The van der Waals surface area contributed by atoms with Crippen LogP contribution >= 0.6 is 0 Å². The molecule has 1 fully saturated rings. The Kier molecular flexibility index (Phi) is 3.35. The summed E-state index contributed by atoms with van der Waals surface area (Å²) in [6.45, 7) is 9.16. The van der Waals surface area contributed by atoms with Crippen molar-refractivity contribution in [3.8, 4) is 22.8 Å². The van der Waals surface area contributed by atoms with Crippen LogP contribution in [0.3, 0.4) is 0 Å². The SMILES string of the molecule is [C-]#[N+]CC1(n2ccc(-c3nc(-c4cnn(C)c4)cc4nccn34)n2)CNC1. The van der Waals surface area contributed by atoms with Crippen molar-refractivity contribution >= 4 is 5.65 Å². The lowest BCUT2D eigenvalue weighted by Crippen LogP contribution is -2.62. The molecule has 0 aromatic carbocycles. The molecule has 5 rings (SSSR count). The van der Waals surface area contributed by atoms with Gasteiger partial charge in [0.25, 0.3) is 0 Å². The van der Waals surface area contributed by atoms with Crippen LogP contribution in [0.1, 0.15) is 0 Å². The van der Waals surface area contributed by atoms with Crippen LogP contribution in [-0.2, 0) is 12.6 Å². The number of nitrogens with one attached hydrogen (secondary N) is 1. The van der Waals surface area contributed by atoms with Crippen molar-refractivity contribution < 1.29 is 0 Å². The number of rotatable bonds is 4. The first-order chi connectivity index (χ1) is 13.2. The van der Waals surface area contributed by atoms with E-state index in [-0.39, 0.29) is 5.54 Å². The van der Waals surface area contributed by atoms with Gasteiger partial charge in [-0.1, -0.05) is 0 Å². The molecule has 134 valence electrons. The third-order valence-electron chi connectivity index (χ3n) is 4.98. The highest BCUT2D eigenvalue weighted by Crippen LogP contribution is 2.27. The van der Waals surface area contributed by atoms with Gasteiger partial charge in [-0.05, 0) is 6.07 Å². The molecule has 1 aliphatic heterocycles. The molecule has 9 heteroatoms. The van der Waals surface area contributed by atoms with E-state index in [1.807, 2.05) is 46.9 Å². The van der Waals surface area contributed by atoms with Crippen LogP contribution < -0.4 is 5.32 Å². The minimum atomic E-state index is -0.269. The summed E-state index contributed by atoms with van der Waals surface area (Å²) in [4.78, 5) is 12.8. The van der Waals surface area contributed by atoms with Crippen LogP contribution in [0.2, 0.25) is 0 Å². The molecule has 1 aliphatic rings. The Bertz CT molecular complexity index is 1170. The molecule has 0 aliphatic carbocycles. The molecular formula is C18H17N9. The van der Waals surface area contributed by atoms with E-state index in [2.05, 4.69) is 20.2 Å². The molecule has 27 heavy (non-hydrogen) atoms. The van der Waals surface area contributed by atoms with Crippen molar-refractivity contribution in [1.82, 2.24) is 39.2 Å². The Balaban J connectivity index is 1.63. The smallest absolute Gasteiger partial charge is 0.242 e. The van der Waals surface area contributed by atoms with E-state index in [0.717, 1.165) is 35.7 Å². The molecule has 0 saturated carbocycles. The van der Waals surface area contributed by atoms with Gasteiger partial charge in [0.2, 0.25) is 6.54 Å². The van der Waals surface area contributed by atoms with E-state index >= 15 is 0 Å². The Morgan fingerprint density at radius 2 is 2.19 bits per heavy atom. The van der Waals surface area contributed by atoms with Crippen LogP contribution in [0, 0.1) is 6.57 Å². The normalized spacial score (nSPS) is 15.6. The maximum atomic E-state index is 7.25. The minimum absolute atomic E-state index is 0.269. The minimum Gasteiger partial charge on any atom is -0.314 e. The van der Waals surface area contributed by atoms with Crippen LogP contribution in [-0.4, -0.2) is 53.6 Å². The van der Waals surface area contributed by atoms with E-state index in [1.165, 1.54) is 0 Å². The van der Waals surface area contributed by atoms with Gasteiger partial charge in [0.05, 0.1) is 11.9 Å². The number of aromatic nitrogens is 7. The Morgan fingerprint density at radius 1 is 1.30 bits per heavy atom. The first-order valence-corrected chi connectivity index (χ1v) is 8.62. The summed E-state index contributed by atoms with van der Waals surface area (Å²) >= 11 is 0. The van der Waals surface area contributed by atoms with Gasteiger partial charge < -0.3 is 10.2 Å². The van der Waals surface area contributed by atoms with E-state index < -0.39 is 0 Å². The van der Waals surface area contributed by atoms with Gasteiger partial charge >= 0.3 is 0 Å². The number of nitrogens with zero attached hydrogens (tertiary/aromatic N) is 8. The van der Waals surface area contributed by atoms with Crippen molar-refractivity contribution in [2.24, 2.45) is 7.05 Å². The fraction of sp³-hybridized carbons (Fsp3) is 0.278. The molecule has 0 spiro atoms. The van der Waals surface area contributed by atoms with Gasteiger partial charge in [-0.3, -0.25) is 13.8 Å². The summed E-state index contributed by atoms with van der Waals surface area (Å²) < 4.78 is 5.57. The van der Waals surface area contributed by atoms with E-state index in [4.69, 9.17) is 16.7 Å². The molecule has 0 radical (unpaired) electrons. The van der Waals surface area contributed by atoms with Crippen LogP contribution in [0.4, 0.5) is 0 Å². The highest BCUT2D eigenvalue weighted by atomic mass is 15.4. The molecule has 5 heterocycles. The highest BCUT2D eigenvalue weighted by molar-refractivity contribution is 5.67. The fourth-order valence-corrected chi connectivity index (χ4v) is 3.42. The maximum absolute atomic E-state index is 7.25. The Labute approximate surface area is 155 Å². The number of hydrogen-bond acceptors (Lipinski definition) is 5. The first kappa shape index (κ1) is 15.7. The Hall–Kier alpha value is -3.51. The lowest BCUT2D eigenvalue weighted by Gasteiger charge is -2.38. The summed E-state index contributed by atoms with van der Waals surface area (Å²) in [6, 6.07) is 3.88. The van der Waals surface area contributed by atoms with Crippen LogP contribution in [0.15, 0.2) is 43.1 Å². The molecule has 4 aromatic heterocycles. The molecule has 9 nitrogen and oxygen atoms in total. The van der Waals surface area contributed by atoms with Crippen molar-refractivity contribution in [2.75, 3.05) is 19.6 Å². The fourth-order valence-electron chi connectivity index (χ4n) is 3.42. The summed E-state index contributed by atoms with van der Waals surface area (Å²) in [5.41, 5.74) is 3.01. The molecule has 0 amide bonds. The zero-order chi connectivity index (χ0) is 18.4. The quantitative estimate of drug-likeness (QED) is 0.554. The highest BCUT2D eigenvalue weighted by Gasteiger charge is 2.43. The van der Waals surface area contributed by atoms with Crippen molar-refractivity contribution in [3.05, 3.63) is 54.5 Å². The third kappa shape index (κ3) is 2.42. The van der Waals surface area contributed by atoms with Gasteiger partial charge in [-0.2, -0.15) is 10.2 Å². The van der Waals surface area contributed by atoms with Gasteiger partial charge in [0.15, 0.2) is 11.4 Å². The van der Waals surface area contributed by atoms with Gasteiger partial charge in [0, 0.05) is 56.6 Å². The van der Waals surface area contributed by atoms with Crippen molar-refractivity contribution in [2.45, 2.75) is 5.54 Å². The number of fused-ring (bicyclic) bond motifs is 1. The van der Waals surface area contributed by atoms with E-state index in [1.54, 1.807) is 17.1 Å². The van der Waals surface area contributed by atoms with Crippen molar-refractivity contribution in [1.29, 1.82) is 0 Å². The van der Waals surface area contributed by atoms with E-state index in [0.29, 0.717) is 12.4 Å². The Morgan fingerprint density at radius 3 is 2.89 bits per heavy atom. The molecule has 0 atom stereocenters. The molecular weight excluding hydrogens is 342 g/mol. The number of imidazole rings is 1. The second-order valence-electron chi connectivity index (χ2n) is 6.81. The van der Waals surface area contributed by atoms with Gasteiger partial charge in [0.1, 0.15) is 11.3 Å². The zero-order valence-electron chi connectivity index (χ0n) is 14.7. The lowest BCUT2D eigenvalue weighted by molar-refractivity contribution is 0.176. The summed E-state index contributed by atoms with van der Waals surface area (Å²) in [5, 5.41) is 12.2. The molecule has 4 aromatic rings. The van der Waals surface area contributed by atoms with Gasteiger partial charge in [-0.25, -0.2) is 16.5 Å². The molecule has 1 saturated heterocycles. The van der Waals surface area contributed by atoms with Gasteiger partial charge in [-0.15, -0.1) is 0 Å². The predicted molar refractivity (Wildman–Crippen MR) is 98.7 cm³/mol. The average Bonchev–Trinajstić information content (AvgIpc) is 3.37. The summed E-state index contributed by atoms with van der Waals surface area (Å²) in [7, 11) is 1.88. The second-order valence-corrected chi connectivity index (χ2v) is 6.81. The number of aryl methyl sites for hydroxylation is 1. The third-order valence-corrected chi connectivity index (χ3v) is 4.98. The van der Waals surface area contributed by atoms with Crippen LogP contribution in [0.5, 0.6) is 0 Å². The molecule has 1 N–H and O–H groups in total. The first-order valence-electron chi connectivity index (χ1n) is 8.62. The maximum Gasteiger partial charge on any atom is 0.242 e. The predicted octanol–water partition coefficient (Wildman–Crippen LogP) is 1.21. The van der Waals surface area contributed by atoms with Crippen molar-refractivity contribution in [3.63, 3.8) is 0 Å². The van der Waals surface area contributed by atoms with E-state index in [9.17, 15) is 0 Å². The topological polar surface area (TPSA) is 82.2 Å². The molecule has 0 bridgehead atoms. The second kappa shape index (κ2) is 5.75. The zero-order valence-corrected chi connectivity index (χ0v) is 14.7. The molecule has 0 unspecified atom stereocenters. The summed E-state index contributed by atoms with van der Waals surface area (Å²) in [5.74, 6) is 0.716.